The Bertz CT molecular complexity index is 764. The van der Waals surface area contributed by atoms with Crippen LogP contribution in [0.4, 0.5) is 23.1 Å². The first-order valence-corrected chi connectivity index (χ1v) is 8.47. The monoisotopic (exact) mass is 378 g/mol. The van der Waals surface area contributed by atoms with Crippen LogP contribution in [0.15, 0.2) is 30.5 Å². The second kappa shape index (κ2) is 8.29. The summed E-state index contributed by atoms with van der Waals surface area (Å²) in [6.45, 7) is 5.53. The molecule has 0 spiro atoms. The second-order valence-corrected chi connectivity index (χ2v) is 7.51. The molecule has 2 aromatic rings. The lowest BCUT2D eigenvalue weighted by Gasteiger charge is -2.28. The summed E-state index contributed by atoms with van der Waals surface area (Å²) in [5, 5.41) is 18.0. The number of hydrogen-bond donors (Lipinski definition) is 2. The van der Waals surface area contributed by atoms with Gasteiger partial charge < -0.3 is 15.5 Å². The van der Waals surface area contributed by atoms with E-state index in [2.05, 4.69) is 39.3 Å². The molecule has 1 aromatic heterocycles. The van der Waals surface area contributed by atoms with Gasteiger partial charge in [0.25, 0.3) is 0 Å². The SMILES string of the molecule is CN(C)CC(C)(C)CNc1nc(Nc2ccc(Cl)cc2)ncc1[N+](=O)[O-]. The molecule has 0 saturated carbocycles. The van der Waals surface area contributed by atoms with Crippen LogP contribution in [0.25, 0.3) is 0 Å². The van der Waals surface area contributed by atoms with Crippen LogP contribution in [0.5, 0.6) is 0 Å². The van der Waals surface area contributed by atoms with E-state index in [1.807, 2.05) is 14.1 Å². The molecule has 0 aliphatic rings. The molecule has 0 fully saturated rings. The Kier molecular flexibility index (Phi) is 6.33. The van der Waals surface area contributed by atoms with E-state index in [0.717, 1.165) is 12.2 Å². The molecule has 0 atom stereocenters. The van der Waals surface area contributed by atoms with Crippen molar-refractivity contribution in [2.75, 3.05) is 37.8 Å². The zero-order valence-electron chi connectivity index (χ0n) is 15.3. The zero-order valence-corrected chi connectivity index (χ0v) is 16.0. The van der Waals surface area contributed by atoms with Crippen molar-refractivity contribution in [3.63, 3.8) is 0 Å². The first kappa shape index (κ1) is 19.9. The summed E-state index contributed by atoms with van der Waals surface area (Å²) in [4.78, 5) is 21.2. The average Bonchev–Trinajstić information content (AvgIpc) is 2.54. The third-order valence-electron chi connectivity index (χ3n) is 3.55. The zero-order chi connectivity index (χ0) is 19.3. The van der Waals surface area contributed by atoms with Crippen LogP contribution in [0.2, 0.25) is 5.02 Å². The molecule has 0 bridgehead atoms. The molecule has 140 valence electrons. The predicted molar refractivity (Wildman–Crippen MR) is 104 cm³/mol. The van der Waals surface area contributed by atoms with E-state index in [1.54, 1.807) is 24.3 Å². The fraction of sp³-hybridized carbons (Fsp3) is 0.412. The maximum atomic E-state index is 11.3. The fourth-order valence-electron chi connectivity index (χ4n) is 2.60. The van der Waals surface area contributed by atoms with Gasteiger partial charge in [-0.2, -0.15) is 4.98 Å². The first-order chi connectivity index (χ1) is 12.2. The van der Waals surface area contributed by atoms with Gasteiger partial charge in [-0.1, -0.05) is 25.4 Å². The van der Waals surface area contributed by atoms with E-state index >= 15 is 0 Å². The fourth-order valence-corrected chi connectivity index (χ4v) is 2.72. The smallest absolute Gasteiger partial charge is 0.329 e. The molecule has 0 aliphatic carbocycles. The maximum Gasteiger partial charge on any atom is 0.329 e. The lowest BCUT2D eigenvalue weighted by Crippen LogP contribution is -2.34. The average molecular weight is 379 g/mol. The van der Waals surface area contributed by atoms with Crippen LogP contribution in [0.3, 0.4) is 0 Å². The number of nitrogens with one attached hydrogen (secondary N) is 2. The summed E-state index contributed by atoms with van der Waals surface area (Å²) in [5.74, 6) is 0.458. The first-order valence-electron chi connectivity index (χ1n) is 8.09. The second-order valence-electron chi connectivity index (χ2n) is 7.07. The minimum atomic E-state index is -0.493. The summed E-state index contributed by atoms with van der Waals surface area (Å²) in [6, 6.07) is 7.03. The van der Waals surface area contributed by atoms with Crippen molar-refractivity contribution >= 4 is 34.7 Å². The van der Waals surface area contributed by atoms with Gasteiger partial charge in [-0.15, -0.1) is 0 Å². The van der Waals surface area contributed by atoms with Gasteiger partial charge in [-0.3, -0.25) is 10.1 Å². The highest BCUT2D eigenvalue weighted by molar-refractivity contribution is 6.30. The molecule has 26 heavy (non-hydrogen) atoms. The number of hydrogen-bond acceptors (Lipinski definition) is 7. The van der Waals surface area contributed by atoms with E-state index in [1.165, 1.54) is 6.20 Å². The lowest BCUT2D eigenvalue weighted by atomic mass is 9.93. The molecule has 8 nitrogen and oxygen atoms in total. The lowest BCUT2D eigenvalue weighted by molar-refractivity contribution is -0.384. The van der Waals surface area contributed by atoms with Crippen molar-refractivity contribution < 1.29 is 4.92 Å². The number of anilines is 3. The highest BCUT2D eigenvalue weighted by Crippen LogP contribution is 2.26. The number of aromatic nitrogens is 2. The number of rotatable bonds is 8. The molecule has 0 aliphatic heterocycles. The quantitative estimate of drug-likeness (QED) is 0.533. The minimum Gasteiger partial charge on any atom is -0.364 e. The molecule has 2 rings (SSSR count). The molecular weight excluding hydrogens is 356 g/mol. The topological polar surface area (TPSA) is 96.2 Å². The van der Waals surface area contributed by atoms with E-state index in [4.69, 9.17) is 11.6 Å². The largest absolute Gasteiger partial charge is 0.364 e. The van der Waals surface area contributed by atoms with Crippen molar-refractivity contribution in [2.24, 2.45) is 5.41 Å². The molecule has 1 aromatic carbocycles. The van der Waals surface area contributed by atoms with E-state index < -0.39 is 4.92 Å². The predicted octanol–water partition coefficient (Wildman–Crippen LogP) is 3.78. The summed E-state index contributed by atoms with van der Waals surface area (Å²) < 4.78 is 0. The third-order valence-corrected chi connectivity index (χ3v) is 3.80. The van der Waals surface area contributed by atoms with Gasteiger partial charge in [0.05, 0.1) is 4.92 Å². The molecule has 0 saturated heterocycles. The molecular formula is C17H23ClN6O2. The number of nitro groups is 1. The van der Waals surface area contributed by atoms with Gasteiger partial charge in [0, 0.05) is 23.8 Å². The molecule has 0 radical (unpaired) electrons. The van der Waals surface area contributed by atoms with Crippen molar-refractivity contribution in [1.82, 2.24) is 14.9 Å². The van der Waals surface area contributed by atoms with E-state index in [9.17, 15) is 10.1 Å². The maximum absolute atomic E-state index is 11.3. The summed E-state index contributed by atoms with van der Waals surface area (Å²) in [6.07, 6.45) is 1.20. The Morgan fingerprint density at radius 3 is 2.50 bits per heavy atom. The molecule has 2 N–H and O–H groups in total. The van der Waals surface area contributed by atoms with E-state index in [-0.39, 0.29) is 22.9 Å². The summed E-state index contributed by atoms with van der Waals surface area (Å²) in [5.41, 5.74) is 0.487. The minimum absolute atomic E-state index is 0.0912. The summed E-state index contributed by atoms with van der Waals surface area (Å²) in [7, 11) is 3.98. The van der Waals surface area contributed by atoms with Gasteiger partial charge in [0.2, 0.25) is 11.8 Å². The molecule has 9 heteroatoms. The number of benzene rings is 1. The molecule has 0 amide bonds. The van der Waals surface area contributed by atoms with Crippen molar-refractivity contribution in [3.05, 3.63) is 45.6 Å². The van der Waals surface area contributed by atoms with Gasteiger partial charge >= 0.3 is 5.69 Å². The Labute approximate surface area is 157 Å². The van der Waals surface area contributed by atoms with Crippen LogP contribution in [-0.2, 0) is 0 Å². The normalized spacial score (nSPS) is 11.5. The van der Waals surface area contributed by atoms with Gasteiger partial charge in [-0.25, -0.2) is 4.98 Å². The standard InChI is InChI=1S/C17H23ClN6O2/c1-17(2,11-23(3)4)10-20-15-14(24(25)26)9-19-16(22-15)21-13-7-5-12(18)6-8-13/h5-9H,10-11H2,1-4H3,(H2,19,20,21,22). The molecule has 0 unspecified atom stereocenters. The summed E-state index contributed by atoms with van der Waals surface area (Å²) >= 11 is 5.87. The van der Waals surface area contributed by atoms with E-state index in [0.29, 0.717) is 11.6 Å². The Morgan fingerprint density at radius 2 is 1.92 bits per heavy atom. The highest BCUT2D eigenvalue weighted by atomic mass is 35.5. The van der Waals surface area contributed by atoms with Gasteiger partial charge in [-0.05, 0) is 43.8 Å². The van der Waals surface area contributed by atoms with Crippen LogP contribution < -0.4 is 10.6 Å². The van der Waals surface area contributed by atoms with Crippen LogP contribution in [0, 0.1) is 15.5 Å². The van der Waals surface area contributed by atoms with Crippen LogP contribution in [-0.4, -0.2) is 47.0 Å². The van der Waals surface area contributed by atoms with Crippen molar-refractivity contribution in [1.29, 1.82) is 0 Å². The Hall–Kier alpha value is -2.45. The van der Waals surface area contributed by atoms with Crippen molar-refractivity contribution in [2.45, 2.75) is 13.8 Å². The number of nitrogens with zero attached hydrogens (tertiary/aromatic N) is 4. The Balaban J connectivity index is 2.19. The number of halogens is 1. The van der Waals surface area contributed by atoms with Gasteiger partial charge in [0.15, 0.2) is 0 Å². The van der Waals surface area contributed by atoms with Crippen LogP contribution in [0.1, 0.15) is 13.8 Å². The van der Waals surface area contributed by atoms with Crippen LogP contribution >= 0.6 is 11.6 Å². The molecule has 1 heterocycles. The third kappa shape index (κ3) is 5.82. The Morgan fingerprint density at radius 1 is 1.27 bits per heavy atom. The van der Waals surface area contributed by atoms with Crippen molar-refractivity contribution in [3.8, 4) is 0 Å². The highest BCUT2D eigenvalue weighted by Gasteiger charge is 2.23. The van der Waals surface area contributed by atoms with Gasteiger partial charge in [0.1, 0.15) is 6.20 Å².